The van der Waals surface area contributed by atoms with Crippen LogP contribution in [0, 0.1) is 35.2 Å². The summed E-state index contributed by atoms with van der Waals surface area (Å²) in [6, 6.07) is 1.38. The van der Waals surface area contributed by atoms with E-state index in [0.29, 0.717) is 30.9 Å². The van der Waals surface area contributed by atoms with Crippen molar-refractivity contribution in [3.8, 4) is 5.75 Å². The third kappa shape index (κ3) is 5.47. The largest absolute Gasteiger partial charge is 0.426 e. The molecule has 3 rings (SSSR count). The lowest BCUT2D eigenvalue weighted by Crippen LogP contribution is -2.30. The van der Waals surface area contributed by atoms with E-state index in [1.165, 1.54) is 25.7 Å². The lowest BCUT2D eigenvalue weighted by atomic mass is 9.83. The van der Waals surface area contributed by atoms with E-state index in [1.807, 2.05) is 0 Å². The molecule has 0 unspecified atom stereocenters. The summed E-state index contributed by atoms with van der Waals surface area (Å²) in [6.45, 7) is 3.09. The van der Waals surface area contributed by atoms with E-state index in [9.17, 15) is 18.0 Å². The summed E-state index contributed by atoms with van der Waals surface area (Å²) in [5, 5.41) is 0. The molecule has 0 aromatic heterocycles. The highest BCUT2D eigenvalue weighted by Crippen LogP contribution is 2.32. The van der Waals surface area contributed by atoms with Crippen molar-refractivity contribution in [1.82, 2.24) is 0 Å². The second-order valence-electron chi connectivity index (χ2n) is 8.05. The second kappa shape index (κ2) is 9.09. The van der Waals surface area contributed by atoms with E-state index in [2.05, 4.69) is 6.92 Å². The highest BCUT2D eigenvalue weighted by atomic mass is 19.2. The second-order valence-corrected chi connectivity index (χ2v) is 8.05. The molecule has 0 saturated heterocycles. The summed E-state index contributed by atoms with van der Waals surface area (Å²) < 4.78 is 50.5. The number of esters is 1. The van der Waals surface area contributed by atoms with Crippen molar-refractivity contribution in [2.45, 2.75) is 64.4 Å². The fourth-order valence-electron chi connectivity index (χ4n) is 4.02. The van der Waals surface area contributed by atoms with E-state index < -0.39 is 23.4 Å². The van der Waals surface area contributed by atoms with E-state index in [0.717, 1.165) is 25.4 Å². The summed E-state index contributed by atoms with van der Waals surface area (Å²) >= 11 is 0. The van der Waals surface area contributed by atoms with Crippen LogP contribution in [0.5, 0.6) is 5.75 Å². The van der Waals surface area contributed by atoms with Crippen molar-refractivity contribution in [1.29, 1.82) is 0 Å². The molecule has 0 N–H and O–H groups in total. The maximum absolute atomic E-state index is 13.2. The Morgan fingerprint density at radius 2 is 1.56 bits per heavy atom. The summed E-state index contributed by atoms with van der Waals surface area (Å²) in [5.74, 6) is -3.99. The molecule has 1 aromatic carbocycles. The van der Waals surface area contributed by atoms with Gasteiger partial charge in [0.1, 0.15) is 5.75 Å². The molecule has 0 radical (unpaired) electrons. The molecular formula is C21H27F3O3. The van der Waals surface area contributed by atoms with Gasteiger partial charge in [0.25, 0.3) is 0 Å². The highest BCUT2D eigenvalue weighted by molar-refractivity contribution is 5.75. The maximum Gasteiger partial charge on any atom is 0.314 e. The Hall–Kier alpha value is -1.56. The molecule has 2 aliphatic rings. The molecule has 0 spiro atoms. The number of carbonyl (C=O) groups is 1. The molecule has 0 bridgehead atoms. The van der Waals surface area contributed by atoms with Crippen LogP contribution in [0.1, 0.15) is 58.3 Å². The quantitative estimate of drug-likeness (QED) is 0.387. The van der Waals surface area contributed by atoms with Crippen molar-refractivity contribution < 1.29 is 27.4 Å². The molecule has 2 fully saturated rings. The van der Waals surface area contributed by atoms with Gasteiger partial charge in [-0.1, -0.05) is 19.8 Å². The topological polar surface area (TPSA) is 35.5 Å². The van der Waals surface area contributed by atoms with Crippen LogP contribution in [0.15, 0.2) is 12.1 Å². The van der Waals surface area contributed by atoms with Gasteiger partial charge in [-0.2, -0.15) is 0 Å². The molecule has 1 aromatic rings. The zero-order valence-corrected chi connectivity index (χ0v) is 15.7. The van der Waals surface area contributed by atoms with Crippen LogP contribution in [-0.2, 0) is 9.53 Å². The Labute approximate surface area is 158 Å². The summed E-state index contributed by atoms with van der Waals surface area (Å²) in [6.07, 6.45) is 7.96. The fraction of sp³-hybridized carbons (Fsp3) is 0.667. The molecule has 2 saturated carbocycles. The van der Waals surface area contributed by atoms with Gasteiger partial charge in [-0.3, -0.25) is 4.79 Å². The van der Waals surface area contributed by atoms with Crippen LogP contribution < -0.4 is 4.74 Å². The van der Waals surface area contributed by atoms with Crippen LogP contribution in [-0.4, -0.2) is 18.7 Å². The Kier molecular flexibility index (Phi) is 6.79. The van der Waals surface area contributed by atoms with Crippen molar-refractivity contribution in [3.05, 3.63) is 29.6 Å². The smallest absolute Gasteiger partial charge is 0.314 e. The standard InChI is InChI=1S/C21H27F3O3/c1-13-2-4-14(5-3-13)12-26-16-8-6-15(7-9-16)21(25)27-17-10-18(22)20(24)19(23)11-17/h10-11,13-16H,2-9,12H2,1H3. The molecule has 0 aliphatic heterocycles. The minimum atomic E-state index is -1.57. The molecule has 6 heteroatoms. The van der Waals surface area contributed by atoms with Crippen LogP contribution in [0.4, 0.5) is 13.2 Å². The van der Waals surface area contributed by atoms with Gasteiger partial charge in [0, 0.05) is 18.7 Å². The first-order valence-electron chi connectivity index (χ1n) is 9.90. The molecule has 3 nitrogen and oxygen atoms in total. The van der Waals surface area contributed by atoms with Crippen molar-refractivity contribution >= 4 is 5.97 Å². The van der Waals surface area contributed by atoms with Crippen molar-refractivity contribution in [2.75, 3.05) is 6.61 Å². The lowest BCUT2D eigenvalue weighted by Gasteiger charge is -2.31. The zero-order valence-electron chi connectivity index (χ0n) is 15.7. The van der Waals surface area contributed by atoms with Gasteiger partial charge in [0.05, 0.1) is 12.0 Å². The van der Waals surface area contributed by atoms with Gasteiger partial charge < -0.3 is 9.47 Å². The first-order valence-corrected chi connectivity index (χ1v) is 9.90. The van der Waals surface area contributed by atoms with Gasteiger partial charge in [0.2, 0.25) is 0 Å². The third-order valence-corrected chi connectivity index (χ3v) is 5.89. The maximum atomic E-state index is 13.2. The SMILES string of the molecule is CC1CCC(COC2CCC(C(=O)Oc3cc(F)c(F)c(F)c3)CC2)CC1. The Bertz CT molecular complexity index is 625. The first kappa shape index (κ1) is 20.2. The van der Waals surface area contributed by atoms with Crippen molar-refractivity contribution in [2.24, 2.45) is 17.8 Å². The number of benzene rings is 1. The molecule has 0 amide bonds. The third-order valence-electron chi connectivity index (χ3n) is 5.89. The number of carbonyl (C=O) groups excluding carboxylic acids is 1. The number of hydrogen-bond acceptors (Lipinski definition) is 3. The average molecular weight is 384 g/mol. The molecule has 27 heavy (non-hydrogen) atoms. The van der Waals surface area contributed by atoms with Gasteiger partial charge in [0.15, 0.2) is 17.5 Å². The van der Waals surface area contributed by atoms with Gasteiger partial charge in [-0.25, -0.2) is 13.2 Å². The van der Waals surface area contributed by atoms with Crippen LogP contribution >= 0.6 is 0 Å². The van der Waals surface area contributed by atoms with Gasteiger partial charge >= 0.3 is 5.97 Å². The lowest BCUT2D eigenvalue weighted by molar-refractivity contribution is -0.141. The monoisotopic (exact) mass is 384 g/mol. The van der Waals surface area contributed by atoms with Crippen molar-refractivity contribution in [3.63, 3.8) is 0 Å². The Morgan fingerprint density at radius 3 is 2.15 bits per heavy atom. The van der Waals surface area contributed by atoms with E-state index in [1.54, 1.807) is 0 Å². The van der Waals surface area contributed by atoms with Crippen LogP contribution in [0.25, 0.3) is 0 Å². The predicted octanol–water partition coefficient (Wildman–Crippen LogP) is 5.41. The predicted molar refractivity (Wildman–Crippen MR) is 94.8 cm³/mol. The minimum Gasteiger partial charge on any atom is -0.426 e. The molecular weight excluding hydrogens is 357 g/mol. The zero-order chi connectivity index (χ0) is 19.4. The van der Waals surface area contributed by atoms with E-state index >= 15 is 0 Å². The molecule has 0 heterocycles. The Balaban J connectivity index is 1.41. The molecule has 2 aliphatic carbocycles. The number of ether oxygens (including phenoxy) is 2. The first-order chi connectivity index (χ1) is 12.9. The van der Waals surface area contributed by atoms with Crippen LogP contribution in [0.2, 0.25) is 0 Å². The van der Waals surface area contributed by atoms with Gasteiger partial charge in [-0.05, 0) is 50.4 Å². The fourth-order valence-corrected chi connectivity index (χ4v) is 4.02. The molecule has 0 atom stereocenters. The number of hydrogen-bond donors (Lipinski definition) is 0. The summed E-state index contributed by atoms with van der Waals surface area (Å²) in [4.78, 5) is 12.2. The average Bonchev–Trinajstić information content (AvgIpc) is 2.66. The van der Waals surface area contributed by atoms with Crippen LogP contribution in [0.3, 0.4) is 0 Å². The number of halogens is 3. The van der Waals surface area contributed by atoms with Gasteiger partial charge in [-0.15, -0.1) is 0 Å². The summed E-state index contributed by atoms with van der Waals surface area (Å²) in [5.41, 5.74) is 0. The number of rotatable bonds is 5. The minimum absolute atomic E-state index is 0.161. The van der Waals surface area contributed by atoms with E-state index in [4.69, 9.17) is 9.47 Å². The summed E-state index contributed by atoms with van der Waals surface area (Å²) in [7, 11) is 0. The molecule has 150 valence electrons. The normalized spacial score (nSPS) is 28.7. The van der Waals surface area contributed by atoms with E-state index in [-0.39, 0.29) is 17.8 Å². The highest BCUT2D eigenvalue weighted by Gasteiger charge is 2.29. The Morgan fingerprint density at radius 1 is 0.963 bits per heavy atom.